The van der Waals surface area contributed by atoms with Crippen molar-refractivity contribution in [3.63, 3.8) is 0 Å². The van der Waals surface area contributed by atoms with E-state index >= 15 is 0 Å². The number of non-ortho nitro benzene ring substituents is 1. The lowest BCUT2D eigenvalue weighted by atomic mass is 9.81. The molecule has 2 aliphatic rings. The Morgan fingerprint density at radius 3 is 2.68 bits per heavy atom. The predicted octanol–water partition coefficient (Wildman–Crippen LogP) is 2.76. The number of aromatic nitrogens is 3. The Labute approximate surface area is 143 Å². The third-order valence-corrected chi connectivity index (χ3v) is 4.65. The van der Waals surface area contributed by atoms with Crippen LogP contribution in [0.5, 0.6) is 0 Å². The molecular formula is C17H17N5O3. The van der Waals surface area contributed by atoms with Gasteiger partial charge in [-0.15, -0.1) is 0 Å². The molecule has 0 spiro atoms. The summed E-state index contributed by atoms with van der Waals surface area (Å²) in [5, 5.41) is 18.6. The maximum atomic E-state index is 12.7. The Kier molecular flexibility index (Phi) is 3.41. The quantitative estimate of drug-likeness (QED) is 0.666. The molecule has 25 heavy (non-hydrogen) atoms. The number of rotatable bonds is 2. The van der Waals surface area contributed by atoms with E-state index in [0.717, 1.165) is 17.7 Å². The molecule has 8 heteroatoms. The number of carbonyl (C=O) groups is 1. The second-order valence-corrected chi connectivity index (χ2v) is 6.63. The van der Waals surface area contributed by atoms with Crippen molar-refractivity contribution in [1.29, 1.82) is 0 Å². The van der Waals surface area contributed by atoms with Crippen LogP contribution in [0.3, 0.4) is 0 Å². The molecule has 0 unspecified atom stereocenters. The Morgan fingerprint density at radius 2 is 2.00 bits per heavy atom. The van der Waals surface area contributed by atoms with Crippen molar-refractivity contribution in [3.8, 4) is 0 Å². The van der Waals surface area contributed by atoms with Crippen LogP contribution in [0.2, 0.25) is 0 Å². The first-order valence-electron chi connectivity index (χ1n) is 8.15. The molecule has 1 aromatic carbocycles. The van der Waals surface area contributed by atoms with Crippen molar-refractivity contribution in [2.24, 2.45) is 5.92 Å². The van der Waals surface area contributed by atoms with E-state index in [9.17, 15) is 14.9 Å². The van der Waals surface area contributed by atoms with E-state index in [2.05, 4.69) is 22.3 Å². The van der Waals surface area contributed by atoms with Gasteiger partial charge >= 0.3 is 0 Å². The standard InChI is InChI=1S/C17H17N5O3/c1-9-7-13-15(14(23)8-9)16(21-17(19-13)18-10(2)20-21)11-3-5-12(6-4-11)22(24)25/h3-6,9,16H,7-8H2,1-2H3,(H,18,19,20)/t9-,16+/m1/s1. The molecule has 1 aromatic heterocycles. The van der Waals surface area contributed by atoms with E-state index in [-0.39, 0.29) is 17.4 Å². The van der Waals surface area contributed by atoms with Gasteiger partial charge in [-0.25, -0.2) is 4.68 Å². The molecule has 2 atom stereocenters. The van der Waals surface area contributed by atoms with E-state index < -0.39 is 11.0 Å². The minimum atomic E-state index is -0.435. The van der Waals surface area contributed by atoms with Crippen LogP contribution >= 0.6 is 0 Å². The number of benzene rings is 1. The molecule has 128 valence electrons. The Balaban J connectivity index is 1.87. The maximum absolute atomic E-state index is 12.7. The first kappa shape index (κ1) is 15.5. The molecule has 0 saturated heterocycles. The van der Waals surface area contributed by atoms with Crippen LogP contribution in [0.15, 0.2) is 35.5 Å². The van der Waals surface area contributed by atoms with Crippen molar-refractivity contribution in [1.82, 2.24) is 14.8 Å². The van der Waals surface area contributed by atoms with Gasteiger partial charge in [-0.2, -0.15) is 10.1 Å². The van der Waals surface area contributed by atoms with Gasteiger partial charge in [-0.05, 0) is 37.0 Å². The molecule has 2 aromatic rings. The second-order valence-electron chi connectivity index (χ2n) is 6.63. The molecule has 0 fully saturated rings. The normalized spacial score (nSPS) is 22.2. The number of anilines is 1. The van der Waals surface area contributed by atoms with E-state index in [0.29, 0.717) is 23.8 Å². The van der Waals surface area contributed by atoms with Crippen LogP contribution in [-0.2, 0) is 4.79 Å². The van der Waals surface area contributed by atoms with Crippen LogP contribution in [0.25, 0.3) is 0 Å². The largest absolute Gasteiger partial charge is 0.328 e. The number of nitrogens with zero attached hydrogens (tertiary/aromatic N) is 4. The monoisotopic (exact) mass is 339 g/mol. The number of carbonyl (C=O) groups excluding carboxylic acids is 1. The van der Waals surface area contributed by atoms with Gasteiger partial charge in [0.25, 0.3) is 5.69 Å². The van der Waals surface area contributed by atoms with Crippen molar-refractivity contribution >= 4 is 17.4 Å². The number of Topliss-reactive ketones (excluding diaryl/α,β-unsaturated/α-hetero) is 1. The molecular weight excluding hydrogens is 322 g/mol. The van der Waals surface area contributed by atoms with E-state index in [4.69, 9.17) is 0 Å². The summed E-state index contributed by atoms with van der Waals surface area (Å²) in [6, 6.07) is 5.87. The molecule has 8 nitrogen and oxygen atoms in total. The highest BCUT2D eigenvalue weighted by molar-refractivity contribution is 5.99. The van der Waals surface area contributed by atoms with Gasteiger partial charge in [0, 0.05) is 29.8 Å². The fourth-order valence-corrected chi connectivity index (χ4v) is 3.60. The first-order chi connectivity index (χ1) is 11.9. The average Bonchev–Trinajstić information content (AvgIpc) is 2.92. The Hall–Kier alpha value is -3.03. The van der Waals surface area contributed by atoms with Gasteiger partial charge in [0.05, 0.1) is 4.92 Å². The number of hydrogen-bond acceptors (Lipinski definition) is 6. The Morgan fingerprint density at radius 1 is 1.28 bits per heavy atom. The minimum Gasteiger partial charge on any atom is -0.328 e. The van der Waals surface area contributed by atoms with Crippen LogP contribution in [-0.4, -0.2) is 25.5 Å². The van der Waals surface area contributed by atoms with E-state index in [1.54, 1.807) is 23.7 Å². The number of hydrogen-bond donors (Lipinski definition) is 1. The zero-order valence-electron chi connectivity index (χ0n) is 13.9. The summed E-state index contributed by atoms with van der Waals surface area (Å²) in [4.78, 5) is 27.6. The average molecular weight is 339 g/mol. The molecule has 1 aliphatic heterocycles. The number of nitro benzene ring substituents is 1. The SMILES string of the molecule is Cc1nc2n(n1)[C@@H](c1ccc([N+](=O)[O-])cc1)C1=C(C[C@@H](C)CC1=O)N2. The summed E-state index contributed by atoms with van der Waals surface area (Å²) < 4.78 is 1.70. The van der Waals surface area contributed by atoms with Gasteiger partial charge in [0.1, 0.15) is 11.9 Å². The molecule has 0 radical (unpaired) electrons. The fraction of sp³-hybridized carbons (Fsp3) is 0.353. The van der Waals surface area contributed by atoms with Gasteiger partial charge < -0.3 is 5.32 Å². The van der Waals surface area contributed by atoms with Crippen LogP contribution < -0.4 is 5.32 Å². The third-order valence-electron chi connectivity index (χ3n) is 4.65. The maximum Gasteiger partial charge on any atom is 0.269 e. The van der Waals surface area contributed by atoms with Crippen molar-refractivity contribution in [2.45, 2.75) is 32.7 Å². The fourth-order valence-electron chi connectivity index (χ4n) is 3.60. The molecule has 0 amide bonds. The molecule has 1 N–H and O–H groups in total. The van der Waals surface area contributed by atoms with E-state index in [1.165, 1.54) is 12.1 Å². The zero-order valence-corrected chi connectivity index (χ0v) is 13.9. The van der Waals surface area contributed by atoms with Gasteiger partial charge in [-0.3, -0.25) is 14.9 Å². The highest BCUT2D eigenvalue weighted by Crippen LogP contribution is 2.41. The van der Waals surface area contributed by atoms with Gasteiger partial charge in [-0.1, -0.05) is 6.92 Å². The topological polar surface area (TPSA) is 103 Å². The smallest absolute Gasteiger partial charge is 0.269 e. The summed E-state index contributed by atoms with van der Waals surface area (Å²) in [7, 11) is 0. The van der Waals surface area contributed by atoms with Crippen LogP contribution in [0, 0.1) is 23.0 Å². The van der Waals surface area contributed by atoms with Crippen molar-refractivity contribution in [3.05, 3.63) is 57.0 Å². The van der Waals surface area contributed by atoms with Gasteiger partial charge in [0.2, 0.25) is 5.95 Å². The second kappa shape index (κ2) is 5.51. The molecule has 1 aliphatic carbocycles. The van der Waals surface area contributed by atoms with Gasteiger partial charge in [0.15, 0.2) is 5.78 Å². The summed E-state index contributed by atoms with van der Waals surface area (Å²) >= 11 is 0. The first-order valence-corrected chi connectivity index (χ1v) is 8.15. The summed E-state index contributed by atoms with van der Waals surface area (Å²) in [5.41, 5.74) is 2.37. The molecule has 0 saturated carbocycles. The lowest BCUT2D eigenvalue weighted by Crippen LogP contribution is -2.33. The number of fused-ring (bicyclic) bond motifs is 1. The highest BCUT2D eigenvalue weighted by Gasteiger charge is 2.38. The minimum absolute atomic E-state index is 0.0190. The Bertz CT molecular complexity index is 913. The lowest BCUT2D eigenvalue weighted by Gasteiger charge is -2.34. The van der Waals surface area contributed by atoms with Crippen LogP contribution in [0.1, 0.15) is 37.2 Å². The molecule has 0 bridgehead atoms. The molecule has 2 heterocycles. The van der Waals surface area contributed by atoms with E-state index in [1.807, 2.05) is 0 Å². The lowest BCUT2D eigenvalue weighted by molar-refractivity contribution is -0.384. The highest BCUT2D eigenvalue weighted by atomic mass is 16.6. The van der Waals surface area contributed by atoms with Crippen molar-refractivity contribution < 1.29 is 9.72 Å². The number of nitro groups is 1. The predicted molar refractivity (Wildman–Crippen MR) is 90.0 cm³/mol. The van der Waals surface area contributed by atoms with Crippen molar-refractivity contribution in [2.75, 3.05) is 5.32 Å². The van der Waals surface area contributed by atoms with Crippen LogP contribution in [0.4, 0.5) is 11.6 Å². The summed E-state index contributed by atoms with van der Waals surface area (Å²) in [6.07, 6.45) is 1.27. The number of ketones is 1. The number of aryl methyl sites for hydroxylation is 1. The number of allylic oxidation sites excluding steroid dienone is 2. The zero-order chi connectivity index (χ0) is 17.7. The summed E-state index contributed by atoms with van der Waals surface area (Å²) in [6.45, 7) is 3.85. The number of nitrogens with one attached hydrogen (secondary N) is 1. The molecule has 4 rings (SSSR count). The third kappa shape index (κ3) is 2.50. The summed E-state index contributed by atoms with van der Waals surface area (Å²) in [5.74, 6) is 1.56.